The van der Waals surface area contributed by atoms with Crippen LogP contribution in [0.2, 0.25) is 0 Å². The molecule has 1 atom stereocenters. The van der Waals surface area contributed by atoms with E-state index in [1.54, 1.807) is 0 Å². The fraction of sp³-hybridized carbons (Fsp3) is 0.316. The van der Waals surface area contributed by atoms with Gasteiger partial charge < -0.3 is 10.1 Å². The summed E-state index contributed by atoms with van der Waals surface area (Å²) >= 11 is 3.39. The molecule has 4 nitrogen and oxygen atoms in total. The monoisotopic (exact) mass is 390 g/mol. The third-order valence-corrected chi connectivity index (χ3v) is 4.35. The molecule has 1 N–H and O–H groups in total. The summed E-state index contributed by atoms with van der Waals surface area (Å²) in [6.07, 6.45) is 0. The van der Waals surface area contributed by atoms with Gasteiger partial charge in [-0.25, -0.2) is 0 Å². The van der Waals surface area contributed by atoms with E-state index in [0.717, 1.165) is 21.5 Å². The van der Waals surface area contributed by atoms with Crippen molar-refractivity contribution in [1.29, 1.82) is 0 Å². The summed E-state index contributed by atoms with van der Waals surface area (Å²) in [5.74, 6) is 0.843. The summed E-state index contributed by atoms with van der Waals surface area (Å²) in [6.45, 7) is 5.23. The Morgan fingerprint density at radius 1 is 1.17 bits per heavy atom. The SMILES string of the molecule is CCOc1ccc(CN(C)C(C)C(=O)Nc2ccc(Br)cc2)cc1. The van der Waals surface area contributed by atoms with Crippen LogP contribution in [-0.2, 0) is 11.3 Å². The second-order valence-corrected chi connectivity index (χ2v) is 6.58. The Hall–Kier alpha value is -1.85. The van der Waals surface area contributed by atoms with Gasteiger partial charge in [-0.2, -0.15) is 0 Å². The van der Waals surface area contributed by atoms with Crippen molar-refractivity contribution in [2.75, 3.05) is 19.0 Å². The number of benzene rings is 2. The molecule has 0 aromatic heterocycles. The summed E-state index contributed by atoms with van der Waals surface area (Å²) in [5.41, 5.74) is 1.94. The largest absolute Gasteiger partial charge is 0.494 e. The van der Waals surface area contributed by atoms with Crippen molar-refractivity contribution < 1.29 is 9.53 Å². The molecule has 0 heterocycles. The van der Waals surface area contributed by atoms with Gasteiger partial charge in [0.05, 0.1) is 12.6 Å². The van der Waals surface area contributed by atoms with Gasteiger partial charge in [-0.3, -0.25) is 9.69 Å². The second kappa shape index (κ2) is 8.85. The standard InChI is InChI=1S/C19H23BrN2O2/c1-4-24-18-11-5-15(6-12-18)13-22(3)14(2)19(23)21-17-9-7-16(20)8-10-17/h5-12,14H,4,13H2,1-3H3,(H,21,23). The van der Waals surface area contributed by atoms with Crippen LogP contribution in [0.4, 0.5) is 5.69 Å². The lowest BCUT2D eigenvalue weighted by atomic mass is 10.1. The topological polar surface area (TPSA) is 41.6 Å². The summed E-state index contributed by atoms with van der Waals surface area (Å²) in [5, 5.41) is 2.94. The molecule has 0 aliphatic carbocycles. The Bertz CT molecular complexity index is 656. The quantitative estimate of drug-likeness (QED) is 0.765. The van der Waals surface area contributed by atoms with Gasteiger partial charge in [-0.15, -0.1) is 0 Å². The van der Waals surface area contributed by atoms with E-state index in [1.165, 1.54) is 0 Å². The van der Waals surface area contributed by atoms with Crippen molar-refractivity contribution in [2.45, 2.75) is 26.4 Å². The first-order valence-corrected chi connectivity index (χ1v) is 8.77. The summed E-state index contributed by atoms with van der Waals surface area (Å²) in [7, 11) is 1.95. The van der Waals surface area contributed by atoms with Crippen molar-refractivity contribution in [1.82, 2.24) is 4.90 Å². The number of halogens is 1. The zero-order valence-corrected chi connectivity index (χ0v) is 15.8. The molecule has 1 amide bonds. The fourth-order valence-corrected chi connectivity index (χ4v) is 2.53. The van der Waals surface area contributed by atoms with Gasteiger partial charge in [-0.05, 0) is 62.9 Å². The molecule has 2 aromatic rings. The van der Waals surface area contributed by atoms with Crippen LogP contribution in [0.3, 0.4) is 0 Å². The molecule has 0 saturated heterocycles. The summed E-state index contributed by atoms with van der Waals surface area (Å²) < 4.78 is 6.43. The molecule has 128 valence electrons. The maximum absolute atomic E-state index is 12.4. The predicted molar refractivity (Wildman–Crippen MR) is 101 cm³/mol. The number of ether oxygens (including phenoxy) is 1. The van der Waals surface area contributed by atoms with Gasteiger partial charge in [-0.1, -0.05) is 28.1 Å². The fourth-order valence-electron chi connectivity index (χ4n) is 2.26. The Balaban J connectivity index is 1.91. The number of carbonyl (C=O) groups is 1. The second-order valence-electron chi connectivity index (χ2n) is 5.66. The van der Waals surface area contributed by atoms with Crippen molar-refractivity contribution in [3.05, 3.63) is 58.6 Å². The van der Waals surface area contributed by atoms with E-state index in [4.69, 9.17) is 4.74 Å². The molecular weight excluding hydrogens is 368 g/mol. The number of hydrogen-bond acceptors (Lipinski definition) is 3. The van der Waals surface area contributed by atoms with Crippen molar-refractivity contribution >= 4 is 27.5 Å². The predicted octanol–water partition coefficient (Wildman–Crippen LogP) is 4.31. The first kappa shape index (κ1) is 18.5. The lowest BCUT2D eigenvalue weighted by molar-refractivity contribution is -0.120. The minimum atomic E-state index is -0.236. The number of carbonyl (C=O) groups excluding carboxylic acids is 1. The minimum Gasteiger partial charge on any atom is -0.494 e. The molecule has 2 aromatic carbocycles. The maximum Gasteiger partial charge on any atom is 0.241 e. The van der Waals surface area contributed by atoms with Crippen molar-refractivity contribution in [3.8, 4) is 5.75 Å². The Kier molecular flexibility index (Phi) is 6.82. The lowest BCUT2D eigenvalue weighted by Crippen LogP contribution is -2.39. The van der Waals surface area contributed by atoms with E-state index in [1.807, 2.05) is 74.3 Å². The molecule has 0 fully saturated rings. The molecule has 5 heteroatoms. The van der Waals surface area contributed by atoms with E-state index in [-0.39, 0.29) is 11.9 Å². The third-order valence-electron chi connectivity index (χ3n) is 3.82. The number of nitrogens with zero attached hydrogens (tertiary/aromatic N) is 1. The molecule has 0 saturated carbocycles. The highest BCUT2D eigenvalue weighted by molar-refractivity contribution is 9.10. The highest BCUT2D eigenvalue weighted by atomic mass is 79.9. The average molecular weight is 391 g/mol. The van der Waals surface area contributed by atoms with Crippen LogP contribution in [0.15, 0.2) is 53.0 Å². The molecule has 0 aliphatic rings. The highest BCUT2D eigenvalue weighted by Gasteiger charge is 2.18. The number of rotatable bonds is 7. The van der Waals surface area contributed by atoms with Gasteiger partial charge in [0.1, 0.15) is 5.75 Å². The maximum atomic E-state index is 12.4. The van der Waals surface area contributed by atoms with Crippen LogP contribution in [0, 0.1) is 0 Å². The van der Waals surface area contributed by atoms with E-state index < -0.39 is 0 Å². The summed E-state index contributed by atoms with van der Waals surface area (Å²) in [4.78, 5) is 14.4. The molecule has 0 radical (unpaired) electrons. The molecule has 0 bridgehead atoms. The average Bonchev–Trinajstić information content (AvgIpc) is 2.58. The number of hydrogen-bond donors (Lipinski definition) is 1. The zero-order chi connectivity index (χ0) is 17.5. The van der Waals surface area contributed by atoms with Crippen molar-refractivity contribution in [3.63, 3.8) is 0 Å². The van der Waals surface area contributed by atoms with Crippen LogP contribution >= 0.6 is 15.9 Å². The number of anilines is 1. The van der Waals surface area contributed by atoms with Crippen LogP contribution in [0.25, 0.3) is 0 Å². The first-order chi connectivity index (χ1) is 11.5. The molecule has 1 unspecified atom stereocenters. The van der Waals surface area contributed by atoms with Gasteiger partial charge >= 0.3 is 0 Å². The number of likely N-dealkylation sites (N-methyl/N-ethyl adjacent to an activating group) is 1. The van der Waals surface area contributed by atoms with Gasteiger partial charge in [0.25, 0.3) is 0 Å². The Morgan fingerprint density at radius 3 is 2.38 bits per heavy atom. The highest BCUT2D eigenvalue weighted by Crippen LogP contribution is 2.16. The molecule has 2 rings (SSSR count). The zero-order valence-electron chi connectivity index (χ0n) is 14.3. The van der Waals surface area contributed by atoms with Crippen LogP contribution < -0.4 is 10.1 Å². The van der Waals surface area contributed by atoms with E-state index in [9.17, 15) is 4.79 Å². The first-order valence-electron chi connectivity index (χ1n) is 7.98. The van der Waals surface area contributed by atoms with Gasteiger partial charge in [0.15, 0.2) is 0 Å². The number of nitrogens with one attached hydrogen (secondary N) is 1. The van der Waals surface area contributed by atoms with Crippen LogP contribution in [-0.4, -0.2) is 30.5 Å². The van der Waals surface area contributed by atoms with Crippen molar-refractivity contribution in [2.24, 2.45) is 0 Å². The molecule has 0 spiro atoms. The van der Waals surface area contributed by atoms with E-state index >= 15 is 0 Å². The summed E-state index contributed by atoms with van der Waals surface area (Å²) in [6, 6.07) is 15.3. The lowest BCUT2D eigenvalue weighted by Gasteiger charge is -2.24. The van der Waals surface area contributed by atoms with Gasteiger partial charge in [0.2, 0.25) is 5.91 Å². The van der Waals surface area contributed by atoms with E-state index in [2.05, 4.69) is 21.2 Å². The minimum absolute atomic E-state index is 0.0224. The smallest absolute Gasteiger partial charge is 0.241 e. The normalized spacial score (nSPS) is 12.0. The Morgan fingerprint density at radius 2 is 1.79 bits per heavy atom. The van der Waals surface area contributed by atoms with E-state index in [0.29, 0.717) is 13.2 Å². The molecule has 0 aliphatic heterocycles. The number of amides is 1. The van der Waals surface area contributed by atoms with Crippen LogP contribution in [0.1, 0.15) is 19.4 Å². The molecular formula is C19H23BrN2O2. The Labute approximate surface area is 151 Å². The third kappa shape index (κ3) is 5.35. The van der Waals surface area contributed by atoms with Crippen LogP contribution in [0.5, 0.6) is 5.75 Å². The molecule has 24 heavy (non-hydrogen) atoms. The van der Waals surface area contributed by atoms with Gasteiger partial charge in [0, 0.05) is 16.7 Å².